The minimum absolute atomic E-state index is 0.690. The van der Waals surface area contributed by atoms with Crippen molar-refractivity contribution in [3.63, 3.8) is 0 Å². The highest BCUT2D eigenvalue weighted by Crippen LogP contribution is 2.36. The molecule has 0 radical (unpaired) electrons. The van der Waals surface area contributed by atoms with Gasteiger partial charge in [-0.25, -0.2) is 0 Å². The van der Waals surface area contributed by atoms with Gasteiger partial charge >= 0.3 is 0 Å². The summed E-state index contributed by atoms with van der Waals surface area (Å²) in [4.78, 5) is 0. The van der Waals surface area contributed by atoms with Crippen LogP contribution in [0, 0.1) is 11.5 Å². The van der Waals surface area contributed by atoms with Crippen molar-refractivity contribution >= 4 is 22.0 Å². The third-order valence-electron chi connectivity index (χ3n) is 2.00. The molecule has 64 valence electrons. The van der Waals surface area contributed by atoms with Gasteiger partial charge in [0.05, 0.1) is 0 Å². The molecule has 0 rings (SSSR count). The molecule has 0 aromatic heterocycles. The van der Waals surface area contributed by atoms with Gasteiger partial charge in [-0.3, -0.25) is 0 Å². The van der Waals surface area contributed by atoms with Crippen molar-refractivity contribution in [1.29, 1.82) is 0 Å². The number of rotatable bonds is 2. The summed E-state index contributed by atoms with van der Waals surface area (Å²) in [5, 5.41) is 0. The van der Waals surface area contributed by atoms with Gasteiger partial charge in [0.25, 0.3) is 0 Å². The van der Waals surface area contributed by atoms with E-state index in [0.29, 0.717) is 11.1 Å². The molecule has 0 fully saturated rings. The van der Waals surface area contributed by atoms with Crippen molar-refractivity contribution in [3.05, 3.63) is 0 Å². The van der Waals surface area contributed by atoms with Gasteiger partial charge in [-0.1, -0.05) is 27.7 Å². The topological polar surface area (TPSA) is 0 Å². The molecule has 0 heterocycles. The van der Waals surface area contributed by atoms with Gasteiger partial charge in [-0.15, -0.1) is 26.8 Å². The molecule has 0 spiro atoms. The Labute approximate surface area is 79.4 Å². The smallest absolute Gasteiger partial charge is 0.117 e. The van der Waals surface area contributed by atoms with Crippen molar-refractivity contribution in [2.45, 2.75) is 45.7 Å². The zero-order chi connectivity index (χ0) is 9.07. The van der Waals surface area contributed by atoms with E-state index in [4.69, 9.17) is 0 Å². The summed E-state index contributed by atoms with van der Waals surface area (Å²) in [7, 11) is 0. The molecule has 0 nitrogen and oxygen atoms in total. The third-order valence-corrected chi connectivity index (χ3v) is 12.1. The maximum absolute atomic E-state index is 3.84. The van der Waals surface area contributed by atoms with Crippen LogP contribution in [0.4, 0.5) is 0 Å². The number of halogens is 1. The van der Waals surface area contributed by atoms with E-state index < -0.39 is 6.69 Å². The highest BCUT2D eigenvalue weighted by Gasteiger charge is 2.35. The molecule has 0 aliphatic carbocycles. The molecule has 0 aliphatic heterocycles. The lowest BCUT2D eigenvalue weighted by Crippen LogP contribution is -2.32. The largest absolute Gasteiger partial charge is 0.213 e. The molecule has 0 saturated carbocycles. The SMILES string of the molecule is CC#C[Si](Br)(C(C)C)C(C)C. The van der Waals surface area contributed by atoms with E-state index >= 15 is 0 Å². The fourth-order valence-electron chi connectivity index (χ4n) is 1.15. The van der Waals surface area contributed by atoms with E-state index in [-0.39, 0.29) is 0 Å². The summed E-state index contributed by atoms with van der Waals surface area (Å²) in [5.41, 5.74) is 4.74. The van der Waals surface area contributed by atoms with E-state index in [0.717, 1.165) is 0 Å². The van der Waals surface area contributed by atoms with Crippen LogP contribution in [-0.4, -0.2) is 6.69 Å². The molecule has 0 N–H and O–H groups in total. The summed E-state index contributed by atoms with van der Waals surface area (Å²) < 4.78 is 0. The van der Waals surface area contributed by atoms with Crippen LogP contribution >= 0.6 is 15.3 Å². The summed E-state index contributed by atoms with van der Waals surface area (Å²) in [5.74, 6) is 3.04. The van der Waals surface area contributed by atoms with Crippen LogP contribution < -0.4 is 0 Å². The second-order valence-corrected chi connectivity index (χ2v) is 11.5. The summed E-state index contributed by atoms with van der Waals surface area (Å²) in [6.07, 6.45) is 0. The molecule has 0 aromatic carbocycles. The van der Waals surface area contributed by atoms with Gasteiger partial charge in [0, 0.05) is 0 Å². The highest BCUT2D eigenvalue weighted by atomic mass is 79.9. The van der Waals surface area contributed by atoms with Crippen molar-refractivity contribution in [3.8, 4) is 11.5 Å². The maximum atomic E-state index is 3.84. The average Bonchev–Trinajstić information content (AvgIpc) is 1.87. The standard InChI is InChI=1S/C9H17BrSi/c1-6-7-11(10,8(2)3)9(4)5/h8-9H,1-5H3. The van der Waals surface area contributed by atoms with Gasteiger partial charge < -0.3 is 0 Å². The van der Waals surface area contributed by atoms with E-state index in [9.17, 15) is 0 Å². The number of hydrogen-bond donors (Lipinski definition) is 0. The van der Waals surface area contributed by atoms with Crippen molar-refractivity contribution in [2.24, 2.45) is 0 Å². The van der Waals surface area contributed by atoms with Crippen molar-refractivity contribution in [1.82, 2.24) is 0 Å². The lowest BCUT2D eigenvalue weighted by molar-refractivity contribution is 0.947. The highest BCUT2D eigenvalue weighted by molar-refractivity contribution is 9.26. The normalized spacial score (nSPS) is 11.6. The first-order valence-corrected chi connectivity index (χ1v) is 8.49. The summed E-state index contributed by atoms with van der Waals surface area (Å²) in [6, 6.07) is 0. The predicted octanol–water partition coefficient (Wildman–Crippen LogP) is 3.71. The van der Waals surface area contributed by atoms with Crippen molar-refractivity contribution in [2.75, 3.05) is 0 Å². The summed E-state index contributed by atoms with van der Waals surface area (Å²) in [6.45, 7) is 9.49. The monoisotopic (exact) mass is 232 g/mol. The van der Waals surface area contributed by atoms with Gasteiger partial charge in [-0.05, 0) is 18.0 Å². The van der Waals surface area contributed by atoms with E-state index in [1.165, 1.54) is 0 Å². The first-order valence-electron chi connectivity index (χ1n) is 4.08. The molecule has 11 heavy (non-hydrogen) atoms. The molecule has 0 atom stereocenters. The molecular formula is C9H17BrSi. The lowest BCUT2D eigenvalue weighted by Gasteiger charge is -2.27. The van der Waals surface area contributed by atoms with Gasteiger partial charge in [0.1, 0.15) is 0 Å². The van der Waals surface area contributed by atoms with E-state index in [2.05, 4.69) is 54.5 Å². The Bertz CT molecular complexity index is 166. The van der Waals surface area contributed by atoms with Crippen LogP contribution in [0.2, 0.25) is 11.1 Å². The molecule has 0 bridgehead atoms. The van der Waals surface area contributed by atoms with Gasteiger partial charge in [0.2, 0.25) is 6.69 Å². The first kappa shape index (κ1) is 11.3. The zero-order valence-electron chi connectivity index (χ0n) is 8.03. The van der Waals surface area contributed by atoms with Gasteiger partial charge in [0.15, 0.2) is 0 Å². The molecule has 0 aromatic rings. The Morgan fingerprint density at radius 1 is 1.09 bits per heavy atom. The van der Waals surface area contributed by atoms with E-state index in [1.807, 2.05) is 6.92 Å². The fraction of sp³-hybridized carbons (Fsp3) is 0.778. The lowest BCUT2D eigenvalue weighted by atomic mass is 10.5. The minimum atomic E-state index is -1.45. The van der Waals surface area contributed by atoms with E-state index in [1.54, 1.807) is 0 Å². The first-order chi connectivity index (χ1) is 4.95. The Morgan fingerprint density at radius 3 is 1.55 bits per heavy atom. The minimum Gasteiger partial charge on any atom is -0.117 e. The second kappa shape index (κ2) is 4.32. The maximum Gasteiger partial charge on any atom is 0.213 e. The Morgan fingerprint density at radius 2 is 1.45 bits per heavy atom. The molecule has 0 unspecified atom stereocenters. The second-order valence-electron chi connectivity index (χ2n) is 3.45. The summed E-state index contributed by atoms with van der Waals surface area (Å²) >= 11 is 3.84. The molecule has 2 heteroatoms. The zero-order valence-corrected chi connectivity index (χ0v) is 10.6. The van der Waals surface area contributed by atoms with Crippen LogP contribution in [0.15, 0.2) is 0 Å². The Balaban J connectivity index is 4.62. The number of hydrogen-bond acceptors (Lipinski definition) is 0. The Kier molecular flexibility index (Phi) is 4.43. The average molecular weight is 233 g/mol. The molecule has 0 aliphatic rings. The van der Waals surface area contributed by atoms with Crippen LogP contribution in [0.5, 0.6) is 0 Å². The predicted molar refractivity (Wildman–Crippen MR) is 58.3 cm³/mol. The van der Waals surface area contributed by atoms with Crippen LogP contribution in [-0.2, 0) is 0 Å². The van der Waals surface area contributed by atoms with Crippen LogP contribution in [0.25, 0.3) is 0 Å². The molecular weight excluding hydrogens is 216 g/mol. The molecule has 0 saturated heterocycles. The molecule has 0 amide bonds. The van der Waals surface area contributed by atoms with Crippen molar-refractivity contribution < 1.29 is 0 Å². The fourth-order valence-corrected chi connectivity index (χ4v) is 4.04. The van der Waals surface area contributed by atoms with Gasteiger partial charge in [-0.2, -0.15) is 0 Å². The Hall–Kier alpha value is 0.257. The quantitative estimate of drug-likeness (QED) is 0.387. The third kappa shape index (κ3) is 2.65. The van der Waals surface area contributed by atoms with Crippen LogP contribution in [0.1, 0.15) is 34.6 Å². The van der Waals surface area contributed by atoms with Crippen LogP contribution in [0.3, 0.4) is 0 Å².